The summed E-state index contributed by atoms with van der Waals surface area (Å²) in [4.78, 5) is 26.4. The second kappa shape index (κ2) is 7.28. The lowest BCUT2D eigenvalue weighted by molar-refractivity contribution is -0.111. The number of hydrogen-bond acceptors (Lipinski definition) is 6. The van der Waals surface area contributed by atoms with Crippen molar-refractivity contribution in [3.8, 4) is 5.88 Å². The minimum Gasteiger partial charge on any atom is -0.494 e. The van der Waals surface area contributed by atoms with Gasteiger partial charge in [0.05, 0.1) is 11.9 Å². The van der Waals surface area contributed by atoms with Crippen LogP contribution >= 0.6 is 12.2 Å². The molecule has 1 aromatic carbocycles. The van der Waals surface area contributed by atoms with Gasteiger partial charge in [-0.15, -0.1) is 5.10 Å². The predicted molar refractivity (Wildman–Crippen MR) is 107 cm³/mol. The van der Waals surface area contributed by atoms with E-state index in [0.29, 0.717) is 18.7 Å². The molecule has 2 aromatic rings. The van der Waals surface area contributed by atoms with Crippen LogP contribution in [0.15, 0.2) is 39.3 Å². The first kappa shape index (κ1) is 18.7. The van der Waals surface area contributed by atoms with Crippen molar-refractivity contribution in [2.45, 2.75) is 26.9 Å². The van der Waals surface area contributed by atoms with E-state index in [1.165, 1.54) is 14.0 Å². The highest BCUT2D eigenvalue weighted by Crippen LogP contribution is 2.27. The number of anilines is 1. The first-order chi connectivity index (χ1) is 12.9. The zero-order valence-corrected chi connectivity index (χ0v) is 16.0. The van der Waals surface area contributed by atoms with E-state index >= 15 is 0 Å². The SMILES string of the molecule is CCn1c(O)c(/C=N/N=C2/C(=O)N(C)c3ccccc32)c(=O)n(CC)c1=S. The molecule has 1 aromatic heterocycles. The maximum absolute atomic E-state index is 12.6. The number of aromatic nitrogens is 2. The maximum atomic E-state index is 12.6. The van der Waals surface area contributed by atoms with Crippen LogP contribution in [0.3, 0.4) is 0 Å². The largest absolute Gasteiger partial charge is 0.494 e. The lowest BCUT2D eigenvalue weighted by Gasteiger charge is -2.13. The Bertz CT molecular complexity index is 1100. The third-order valence-corrected chi connectivity index (χ3v) is 4.88. The summed E-state index contributed by atoms with van der Waals surface area (Å²) >= 11 is 5.24. The molecule has 0 saturated heterocycles. The Labute approximate surface area is 160 Å². The molecule has 2 heterocycles. The number of para-hydroxylation sites is 1. The van der Waals surface area contributed by atoms with E-state index in [1.54, 1.807) is 20.0 Å². The third kappa shape index (κ3) is 2.99. The first-order valence-corrected chi connectivity index (χ1v) is 8.88. The molecular formula is C18H19N5O3S. The molecule has 1 aliphatic rings. The lowest BCUT2D eigenvalue weighted by Crippen LogP contribution is -2.28. The Morgan fingerprint density at radius 1 is 1.15 bits per heavy atom. The van der Waals surface area contributed by atoms with Crippen molar-refractivity contribution in [1.29, 1.82) is 0 Å². The number of benzene rings is 1. The second-order valence-electron chi connectivity index (χ2n) is 5.89. The summed E-state index contributed by atoms with van der Waals surface area (Å²) in [7, 11) is 1.66. The van der Waals surface area contributed by atoms with Gasteiger partial charge in [0.1, 0.15) is 5.56 Å². The number of likely N-dealkylation sites (N-methyl/N-ethyl adjacent to an activating group) is 1. The molecule has 1 aliphatic heterocycles. The van der Waals surface area contributed by atoms with Gasteiger partial charge in [-0.3, -0.25) is 18.7 Å². The zero-order valence-electron chi connectivity index (χ0n) is 15.2. The van der Waals surface area contributed by atoms with Crippen LogP contribution in [0.4, 0.5) is 5.69 Å². The highest BCUT2D eigenvalue weighted by atomic mass is 32.1. The number of fused-ring (bicyclic) bond motifs is 1. The molecule has 0 aliphatic carbocycles. The van der Waals surface area contributed by atoms with Crippen molar-refractivity contribution < 1.29 is 9.90 Å². The molecule has 0 bridgehead atoms. The molecule has 0 unspecified atom stereocenters. The Balaban J connectivity index is 2.08. The normalized spacial score (nSPS) is 15.1. The average molecular weight is 385 g/mol. The van der Waals surface area contributed by atoms with Crippen LogP contribution in [0.5, 0.6) is 5.88 Å². The smallest absolute Gasteiger partial charge is 0.279 e. The number of carbonyl (C=O) groups excluding carboxylic acids is 1. The van der Waals surface area contributed by atoms with Gasteiger partial charge in [-0.1, -0.05) is 18.2 Å². The number of carbonyl (C=O) groups is 1. The van der Waals surface area contributed by atoms with Crippen LogP contribution in [0, 0.1) is 4.77 Å². The molecule has 27 heavy (non-hydrogen) atoms. The highest BCUT2D eigenvalue weighted by molar-refractivity contribution is 7.71. The molecule has 0 saturated carbocycles. The molecule has 3 rings (SSSR count). The van der Waals surface area contributed by atoms with Crippen molar-refractivity contribution in [3.05, 3.63) is 50.5 Å². The van der Waals surface area contributed by atoms with E-state index < -0.39 is 5.56 Å². The fourth-order valence-corrected chi connectivity index (χ4v) is 3.40. The second-order valence-corrected chi connectivity index (χ2v) is 6.25. The summed E-state index contributed by atoms with van der Waals surface area (Å²) in [5, 5.41) is 18.3. The highest BCUT2D eigenvalue weighted by Gasteiger charge is 2.31. The standard InChI is InChI=1S/C18H19N5O3S/c1-4-22-15(24)12(16(25)23(5-2)18(22)27)10-19-20-14-11-8-6-7-9-13(11)21(3)17(14)26/h6-10,24H,4-5H2,1-3H3/b19-10+,20-14+. The zero-order chi connectivity index (χ0) is 19.7. The van der Waals surface area contributed by atoms with E-state index in [-0.39, 0.29) is 27.8 Å². The minimum absolute atomic E-state index is 0.0243. The Kier molecular flexibility index (Phi) is 5.04. The predicted octanol–water partition coefficient (Wildman–Crippen LogP) is 1.92. The van der Waals surface area contributed by atoms with Gasteiger partial charge in [0.15, 0.2) is 10.5 Å². The molecule has 0 atom stereocenters. The van der Waals surface area contributed by atoms with E-state index in [2.05, 4.69) is 10.2 Å². The van der Waals surface area contributed by atoms with Gasteiger partial charge in [0.2, 0.25) is 5.88 Å². The summed E-state index contributed by atoms with van der Waals surface area (Å²) in [5.74, 6) is -0.551. The molecule has 0 radical (unpaired) electrons. The fourth-order valence-electron chi connectivity index (χ4n) is 2.98. The van der Waals surface area contributed by atoms with Gasteiger partial charge in [-0.05, 0) is 32.1 Å². The molecule has 0 fully saturated rings. The van der Waals surface area contributed by atoms with Crippen molar-refractivity contribution >= 4 is 35.7 Å². The summed E-state index contributed by atoms with van der Waals surface area (Å²) in [6.45, 7) is 4.37. The quantitative estimate of drug-likeness (QED) is 0.494. The maximum Gasteiger partial charge on any atom is 0.279 e. The molecule has 0 spiro atoms. The van der Waals surface area contributed by atoms with Gasteiger partial charge < -0.3 is 10.0 Å². The number of rotatable bonds is 4. The third-order valence-electron chi connectivity index (χ3n) is 4.44. The fraction of sp³-hybridized carbons (Fsp3) is 0.278. The number of hydrogen-bond donors (Lipinski definition) is 1. The molecular weight excluding hydrogens is 366 g/mol. The van der Waals surface area contributed by atoms with E-state index in [1.807, 2.05) is 25.1 Å². The molecule has 9 heteroatoms. The lowest BCUT2D eigenvalue weighted by atomic mass is 10.1. The summed E-state index contributed by atoms with van der Waals surface area (Å²) in [5.41, 5.74) is 1.12. The Morgan fingerprint density at radius 2 is 1.81 bits per heavy atom. The Morgan fingerprint density at radius 3 is 2.48 bits per heavy atom. The number of nitrogens with zero attached hydrogens (tertiary/aromatic N) is 5. The van der Waals surface area contributed by atoms with Gasteiger partial charge in [0.25, 0.3) is 11.5 Å². The van der Waals surface area contributed by atoms with Gasteiger partial charge in [0, 0.05) is 25.7 Å². The Hall–Kier alpha value is -3.07. The number of aromatic hydroxyl groups is 1. The molecule has 140 valence electrons. The average Bonchev–Trinajstić information content (AvgIpc) is 2.90. The van der Waals surface area contributed by atoms with Crippen LogP contribution in [0.2, 0.25) is 0 Å². The van der Waals surface area contributed by atoms with E-state index in [4.69, 9.17) is 12.2 Å². The van der Waals surface area contributed by atoms with Crippen LogP contribution in [-0.2, 0) is 17.9 Å². The van der Waals surface area contributed by atoms with Crippen molar-refractivity contribution in [3.63, 3.8) is 0 Å². The van der Waals surface area contributed by atoms with Crippen molar-refractivity contribution in [2.24, 2.45) is 10.2 Å². The summed E-state index contributed by atoms with van der Waals surface area (Å²) in [6.07, 6.45) is 1.16. The number of amides is 1. The summed E-state index contributed by atoms with van der Waals surface area (Å²) in [6, 6.07) is 7.24. The molecule has 1 amide bonds. The van der Waals surface area contributed by atoms with Crippen molar-refractivity contribution in [1.82, 2.24) is 9.13 Å². The van der Waals surface area contributed by atoms with Gasteiger partial charge >= 0.3 is 0 Å². The minimum atomic E-state index is -0.455. The topological polar surface area (TPSA) is 92.2 Å². The monoisotopic (exact) mass is 385 g/mol. The van der Waals surface area contributed by atoms with Crippen LogP contribution in [0.25, 0.3) is 0 Å². The first-order valence-electron chi connectivity index (χ1n) is 8.47. The van der Waals surface area contributed by atoms with E-state index in [0.717, 1.165) is 11.9 Å². The molecule has 8 nitrogen and oxygen atoms in total. The van der Waals surface area contributed by atoms with Crippen LogP contribution in [-0.4, -0.2) is 39.1 Å². The van der Waals surface area contributed by atoms with Gasteiger partial charge in [-0.25, -0.2) is 0 Å². The van der Waals surface area contributed by atoms with Gasteiger partial charge in [-0.2, -0.15) is 5.10 Å². The van der Waals surface area contributed by atoms with Crippen LogP contribution in [0.1, 0.15) is 25.0 Å². The summed E-state index contributed by atoms with van der Waals surface area (Å²) < 4.78 is 3.06. The van der Waals surface area contributed by atoms with Crippen molar-refractivity contribution in [2.75, 3.05) is 11.9 Å². The van der Waals surface area contributed by atoms with E-state index in [9.17, 15) is 14.7 Å². The molecule has 1 N–H and O–H groups in total. The van der Waals surface area contributed by atoms with Crippen LogP contribution < -0.4 is 10.5 Å².